The Kier molecular flexibility index (Phi) is 6.38. The standard InChI is InChI=1S/C15H22O2Si.C3H6O2/c1-14-7-6-13(16)11-12(14)5-8-15(14,17)9-10-18(2,3)4;1-2-5-3-4/h11,17H,5-8H2,1-4H3;3H,2H2,1H3/t14-,15+;/m0./s1. The number of ether oxygens (including phenoxy) is 1. The molecule has 0 aromatic rings. The molecule has 23 heavy (non-hydrogen) atoms. The number of hydrogen-bond donors (Lipinski definition) is 1. The Labute approximate surface area is 140 Å². The summed E-state index contributed by atoms with van der Waals surface area (Å²) in [6.07, 6.45) is 4.49. The Morgan fingerprint density at radius 1 is 1.35 bits per heavy atom. The number of carbonyl (C=O) groups excluding carboxylic acids is 2. The molecule has 128 valence electrons. The van der Waals surface area contributed by atoms with Gasteiger partial charge in [-0.15, -0.1) is 5.54 Å². The fourth-order valence-corrected chi connectivity index (χ4v) is 3.51. The summed E-state index contributed by atoms with van der Waals surface area (Å²) in [6.45, 7) is 11.3. The Balaban J connectivity index is 0.000000463. The van der Waals surface area contributed by atoms with E-state index in [9.17, 15) is 14.7 Å². The van der Waals surface area contributed by atoms with Crippen LogP contribution in [0.25, 0.3) is 0 Å². The van der Waals surface area contributed by atoms with Gasteiger partial charge in [0.15, 0.2) is 5.78 Å². The van der Waals surface area contributed by atoms with E-state index in [1.54, 1.807) is 13.0 Å². The third-order valence-corrected chi connectivity index (χ3v) is 5.34. The number of fused-ring (bicyclic) bond motifs is 1. The fourth-order valence-electron chi connectivity index (χ4n) is 2.93. The molecule has 0 aromatic carbocycles. The largest absolute Gasteiger partial charge is 0.468 e. The maximum absolute atomic E-state index is 11.5. The first-order valence-electron chi connectivity index (χ1n) is 8.14. The van der Waals surface area contributed by atoms with Gasteiger partial charge in [0, 0.05) is 11.8 Å². The molecular formula is C18H28O4Si. The minimum absolute atomic E-state index is 0.199. The van der Waals surface area contributed by atoms with E-state index in [0.29, 0.717) is 25.9 Å². The summed E-state index contributed by atoms with van der Waals surface area (Å²) < 4.78 is 4.15. The average molecular weight is 337 g/mol. The van der Waals surface area contributed by atoms with Crippen LogP contribution < -0.4 is 0 Å². The number of ketones is 1. The minimum Gasteiger partial charge on any atom is -0.468 e. The van der Waals surface area contributed by atoms with Crippen molar-refractivity contribution in [2.75, 3.05) is 6.61 Å². The summed E-state index contributed by atoms with van der Waals surface area (Å²) in [5.41, 5.74) is 3.16. The average Bonchev–Trinajstić information content (AvgIpc) is 2.71. The maximum Gasteiger partial charge on any atom is 0.293 e. The lowest BCUT2D eigenvalue weighted by atomic mass is 9.68. The Bertz CT molecular complexity index is 550. The molecule has 2 rings (SSSR count). The van der Waals surface area contributed by atoms with Gasteiger partial charge in [-0.05, 0) is 32.3 Å². The molecule has 5 heteroatoms. The molecule has 1 N–H and O–H groups in total. The quantitative estimate of drug-likeness (QED) is 0.478. The second kappa shape index (κ2) is 7.46. The van der Waals surface area contributed by atoms with Crippen molar-refractivity contribution < 1.29 is 19.4 Å². The van der Waals surface area contributed by atoms with Crippen molar-refractivity contribution in [3.05, 3.63) is 11.6 Å². The van der Waals surface area contributed by atoms with Crippen LogP contribution in [0.3, 0.4) is 0 Å². The van der Waals surface area contributed by atoms with E-state index in [4.69, 9.17) is 0 Å². The zero-order valence-electron chi connectivity index (χ0n) is 14.9. The molecule has 1 fully saturated rings. The third kappa shape index (κ3) is 4.79. The molecule has 2 aliphatic carbocycles. The second-order valence-corrected chi connectivity index (χ2v) is 12.1. The predicted octanol–water partition coefficient (Wildman–Crippen LogP) is 2.87. The van der Waals surface area contributed by atoms with E-state index in [1.165, 1.54) is 0 Å². The number of carbonyl (C=O) groups is 2. The highest BCUT2D eigenvalue weighted by Crippen LogP contribution is 2.54. The molecule has 0 radical (unpaired) electrons. The van der Waals surface area contributed by atoms with Gasteiger partial charge in [0.25, 0.3) is 6.47 Å². The van der Waals surface area contributed by atoms with Crippen molar-refractivity contribution in [3.8, 4) is 11.5 Å². The van der Waals surface area contributed by atoms with E-state index in [0.717, 1.165) is 18.4 Å². The molecule has 0 heterocycles. The molecule has 0 amide bonds. The van der Waals surface area contributed by atoms with Gasteiger partial charge in [-0.25, -0.2) is 0 Å². The normalized spacial score (nSPS) is 29.3. The van der Waals surface area contributed by atoms with Crippen molar-refractivity contribution in [3.63, 3.8) is 0 Å². The van der Waals surface area contributed by atoms with E-state index in [1.807, 2.05) is 0 Å². The molecule has 2 atom stereocenters. The van der Waals surface area contributed by atoms with Crippen LogP contribution >= 0.6 is 0 Å². The molecule has 0 aliphatic heterocycles. The molecule has 2 aliphatic rings. The van der Waals surface area contributed by atoms with Gasteiger partial charge in [0.05, 0.1) is 6.61 Å². The van der Waals surface area contributed by atoms with E-state index in [-0.39, 0.29) is 11.2 Å². The van der Waals surface area contributed by atoms with Gasteiger partial charge in [-0.3, -0.25) is 9.59 Å². The Morgan fingerprint density at radius 2 is 2.00 bits per heavy atom. The van der Waals surface area contributed by atoms with Crippen molar-refractivity contribution in [2.45, 2.75) is 64.8 Å². The van der Waals surface area contributed by atoms with Crippen LogP contribution in [-0.2, 0) is 14.3 Å². The van der Waals surface area contributed by atoms with Crippen LogP contribution in [0.2, 0.25) is 19.6 Å². The lowest BCUT2D eigenvalue weighted by Gasteiger charge is -2.39. The second-order valence-electron chi connectivity index (χ2n) is 7.38. The number of allylic oxidation sites excluding steroid dienone is 1. The summed E-state index contributed by atoms with van der Waals surface area (Å²) in [7, 11) is -1.48. The fraction of sp³-hybridized carbons (Fsp3) is 0.667. The van der Waals surface area contributed by atoms with E-state index >= 15 is 0 Å². The summed E-state index contributed by atoms with van der Waals surface area (Å²) in [5, 5.41) is 10.9. The molecule has 0 aromatic heterocycles. The number of aliphatic hydroxyl groups is 1. The molecule has 1 saturated carbocycles. The number of rotatable bonds is 2. The monoisotopic (exact) mass is 336 g/mol. The van der Waals surface area contributed by atoms with Gasteiger partial charge in [-0.1, -0.05) is 38.1 Å². The first kappa shape index (κ1) is 19.7. The SMILES string of the molecule is CCOC=O.C[C@]12CCC(=O)C=C1CC[C@@]2(O)C#C[Si](C)(C)C. The molecule has 4 nitrogen and oxygen atoms in total. The minimum atomic E-state index is -1.48. The van der Waals surface area contributed by atoms with Gasteiger partial charge in [0.2, 0.25) is 0 Å². The van der Waals surface area contributed by atoms with Gasteiger partial charge >= 0.3 is 0 Å². The first-order valence-corrected chi connectivity index (χ1v) is 11.6. The van der Waals surface area contributed by atoms with E-state index < -0.39 is 13.7 Å². The van der Waals surface area contributed by atoms with Crippen LogP contribution in [0.15, 0.2) is 11.6 Å². The van der Waals surface area contributed by atoms with Crippen molar-refractivity contribution in [2.24, 2.45) is 5.41 Å². The zero-order valence-corrected chi connectivity index (χ0v) is 15.9. The van der Waals surface area contributed by atoms with Crippen molar-refractivity contribution in [1.82, 2.24) is 0 Å². The lowest BCUT2D eigenvalue weighted by Crippen LogP contribution is -2.43. The van der Waals surface area contributed by atoms with Crippen molar-refractivity contribution >= 4 is 20.3 Å². The highest BCUT2D eigenvalue weighted by atomic mass is 28.3. The molecule has 0 bridgehead atoms. The molecule has 0 saturated heterocycles. The summed E-state index contributed by atoms with van der Waals surface area (Å²) >= 11 is 0. The smallest absolute Gasteiger partial charge is 0.293 e. The summed E-state index contributed by atoms with van der Waals surface area (Å²) in [5.74, 6) is 3.37. The molecule has 0 spiro atoms. The highest BCUT2D eigenvalue weighted by Gasteiger charge is 2.54. The van der Waals surface area contributed by atoms with Crippen LogP contribution in [0, 0.1) is 16.9 Å². The van der Waals surface area contributed by atoms with E-state index in [2.05, 4.69) is 42.8 Å². The van der Waals surface area contributed by atoms with Crippen LogP contribution in [0.1, 0.15) is 39.5 Å². The number of hydrogen-bond acceptors (Lipinski definition) is 4. The van der Waals surface area contributed by atoms with Crippen molar-refractivity contribution in [1.29, 1.82) is 0 Å². The summed E-state index contributed by atoms with van der Waals surface area (Å²) in [4.78, 5) is 20.7. The topological polar surface area (TPSA) is 63.6 Å². The molecular weight excluding hydrogens is 308 g/mol. The Morgan fingerprint density at radius 3 is 2.48 bits per heavy atom. The van der Waals surface area contributed by atoms with Gasteiger partial charge in [0.1, 0.15) is 13.7 Å². The lowest BCUT2D eigenvalue weighted by molar-refractivity contribution is -0.128. The maximum atomic E-state index is 11.5. The van der Waals surface area contributed by atoms with Crippen LogP contribution in [-0.4, -0.2) is 37.6 Å². The predicted molar refractivity (Wildman–Crippen MR) is 93.4 cm³/mol. The van der Waals surface area contributed by atoms with Gasteiger partial charge in [-0.2, -0.15) is 0 Å². The van der Waals surface area contributed by atoms with Crippen LogP contribution in [0.5, 0.6) is 0 Å². The van der Waals surface area contributed by atoms with Gasteiger partial charge < -0.3 is 9.84 Å². The summed E-state index contributed by atoms with van der Waals surface area (Å²) in [6, 6.07) is 0. The molecule has 0 unspecified atom stereocenters. The third-order valence-electron chi connectivity index (χ3n) is 4.46. The van der Waals surface area contributed by atoms with Crippen LogP contribution in [0.4, 0.5) is 0 Å². The highest BCUT2D eigenvalue weighted by molar-refractivity contribution is 6.83. The Hall–Kier alpha value is -1.38. The first-order chi connectivity index (χ1) is 10.6. The zero-order chi connectivity index (χ0) is 17.7.